The molecule has 0 aromatic heterocycles. The summed E-state index contributed by atoms with van der Waals surface area (Å²) in [6.07, 6.45) is 0.207. The van der Waals surface area contributed by atoms with Gasteiger partial charge in [-0.3, -0.25) is 4.79 Å². The highest BCUT2D eigenvalue weighted by molar-refractivity contribution is 7.89. The maximum absolute atomic E-state index is 11.9. The molecule has 0 bridgehead atoms. The molecule has 118 valence electrons. The van der Waals surface area contributed by atoms with Crippen LogP contribution in [0, 0.1) is 0 Å². The standard InChI is InChI=1S/C12H25N3O4S/c1-3-14-6-8-15(9-7-14)12(16)4-5-13-20(17,18)11-10-19-2/h13H,3-11H2,1-2H3. The van der Waals surface area contributed by atoms with Crippen molar-refractivity contribution < 1.29 is 17.9 Å². The fourth-order valence-electron chi connectivity index (χ4n) is 2.05. The van der Waals surface area contributed by atoms with Gasteiger partial charge in [0.25, 0.3) is 0 Å². The Morgan fingerprint density at radius 2 is 1.90 bits per heavy atom. The molecular weight excluding hydrogens is 282 g/mol. The van der Waals surface area contributed by atoms with E-state index in [1.54, 1.807) is 4.90 Å². The lowest BCUT2D eigenvalue weighted by molar-refractivity contribution is -0.132. The summed E-state index contributed by atoms with van der Waals surface area (Å²) in [5, 5.41) is 0. The lowest BCUT2D eigenvalue weighted by Gasteiger charge is -2.34. The molecule has 7 nitrogen and oxygen atoms in total. The Bertz CT molecular complexity index is 392. The largest absolute Gasteiger partial charge is 0.384 e. The van der Waals surface area contributed by atoms with Gasteiger partial charge in [-0.1, -0.05) is 6.92 Å². The summed E-state index contributed by atoms with van der Waals surface area (Å²) in [7, 11) is -1.88. The van der Waals surface area contributed by atoms with Gasteiger partial charge in [0.05, 0.1) is 12.4 Å². The number of hydrogen-bond donors (Lipinski definition) is 1. The van der Waals surface area contributed by atoms with Crippen molar-refractivity contribution in [2.24, 2.45) is 0 Å². The number of ether oxygens (including phenoxy) is 1. The molecule has 8 heteroatoms. The van der Waals surface area contributed by atoms with Crippen LogP contribution in [0.15, 0.2) is 0 Å². The second-order valence-corrected chi connectivity index (χ2v) is 6.70. The highest BCUT2D eigenvalue weighted by Crippen LogP contribution is 2.03. The number of likely N-dealkylation sites (N-methyl/N-ethyl adjacent to an activating group) is 1. The first-order valence-corrected chi connectivity index (χ1v) is 8.60. The molecule has 1 aliphatic heterocycles. The van der Waals surface area contributed by atoms with Crippen molar-refractivity contribution >= 4 is 15.9 Å². The first kappa shape index (κ1) is 17.4. The molecule has 1 heterocycles. The quantitative estimate of drug-likeness (QED) is 0.629. The summed E-state index contributed by atoms with van der Waals surface area (Å²) >= 11 is 0. The zero-order valence-corrected chi connectivity index (χ0v) is 13.1. The van der Waals surface area contributed by atoms with E-state index in [0.29, 0.717) is 0 Å². The smallest absolute Gasteiger partial charge is 0.223 e. The second kappa shape index (κ2) is 8.56. The Kier molecular flexibility index (Phi) is 7.42. The number of hydrogen-bond acceptors (Lipinski definition) is 5. The number of methoxy groups -OCH3 is 1. The minimum absolute atomic E-state index is 0.00944. The van der Waals surface area contributed by atoms with Crippen LogP contribution in [0.1, 0.15) is 13.3 Å². The minimum Gasteiger partial charge on any atom is -0.384 e. The Hall–Kier alpha value is -0.700. The third kappa shape index (κ3) is 6.17. The summed E-state index contributed by atoms with van der Waals surface area (Å²) < 4.78 is 30.2. The molecule has 0 unspecified atom stereocenters. The molecule has 0 aromatic rings. The van der Waals surface area contributed by atoms with Gasteiger partial charge in [-0.2, -0.15) is 0 Å². The van der Waals surface area contributed by atoms with Crippen LogP contribution in [0.3, 0.4) is 0 Å². The predicted molar refractivity (Wildman–Crippen MR) is 77.0 cm³/mol. The van der Waals surface area contributed by atoms with Gasteiger partial charge in [0.15, 0.2) is 0 Å². The van der Waals surface area contributed by atoms with Crippen molar-refractivity contribution in [1.82, 2.24) is 14.5 Å². The molecule has 1 aliphatic rings. The topological polar surface area (TPSA) is 79.0 Å². The van der Waals surface area contributed by atoms with E-state index in [4.69, 9.17) is 4.74 Å². The lowest BCUT2D eigenvalue weighted by atomic mass is 10.3. The SMILES string of the molecule is CCN1CCN(C(=O)CCNS(=O)(=O)CCOC)CC1. The summed E-state index contributed by atoms with van der Waals surface area (Å²) in [5.74, 6) is -0.0671. The Labute approximate surface area is 121 Å². The monoisotopic (exact) mass is 307 g/mol. The van der Waals surface area contributed by atoms with E-state index in [1.807, 2.05) is 0 Å². The molecular formula is C12H25N3O4S. The number of nitrogens with one attached hydrogen (secondary N) is 1. The number of nitrogens with zero attached hydrogens (tertiary/aromatic N) is 2. The van der Waals surface area contributed by atoms with Gasteiger partial charge in [0, 0.05) is 46.3 Å². The van der Waals surface area contributed by atoms with E-state index in [9.17, 15) is 13.2 Å². The van der Waals surface area contributed by atoms with Crippen LogP contribution < -0.4 is 4.72 Å². The number of amides is 1. The van der Waals surface area contributed by atoms with Crippen LogP contribution >= 0.6 is 0 Å². The van der Waals surface area contributed by atoms with Gasteiger partial charge >= 0.3 is 0 Å². The van der Waals surface area contributed by atoms with Crippen LogP contribution in [-0.4, -0.2) is 82.9 Å². The van der Waals surface area contributed by atoms with E-state index in [2.05, 4.69) is 16.5 Å². The summed E-state index contributed by atoms with van der Waals surface area (Å²) in [5.41, 5.74) is 0. The molecule has 0 spiro atoms. The molecule has 1 amide bonds. The second-order valence-electron chi connectivity index (χ2n) is 4.77. The molecule has 1 rings (SSSR count). The van der Waals surface area contributed by atoms with E-state index in [-0.39, 0.29) is 31.2 Å². The lowest BCUT2D eigenvalue weighted by Crippen LogP contribution is -2.49. The van der Waals surface area contributed by atoms with Crippen LogP contribution in [0.2, 0.25) is 0 Å². The third-order valence-corrected chi connectivity index (χ3v) is 4.74. The van der Waals surface area contributed by atoms with Crippen molar-refractivity contribution in [3.63, 3.8) is 0 Å². The Morgan fingerprint density at radius 1 is 1.25 bits per heavy atom. The first-order chi connectivity index (χ1) is 9.48. The van der Waals surface area contributed by atoms with E-state index in [0.717, 1.165) is 32.7 Å². The summed E-state index contributed by atoms with van der Waals surface area (Å²) in [6.45, 7) is 6.64. The van der Waals surface area contributed by atoms with E-state index in [1.165, 1.54) is 7.11 Å². The minimum atomic E-state index is -3.34. The van der Waals surface area contributed by atoms with Crippen LogP contribution in [0.4, 0.5) is 0 Å². The molecule has 0 radical (unpaired) electrons. The number of piperazine rings is 1. The summed E-state index contributed by atoms with van der Waals surface area (Å²) in [4.78, 5) is 16.0. The third-order valence-electron chi connectivity index (χ3n) is 3.39. The van der Waals surface area contributed by atoms with Crippen LogP contribution in [0.25, 0.3) is 0 Å². The van der Waals surface area contributed by atoms with Gasteiger partial charge < -0.3 is 14.5 Å². The average molecular weight is 307 g/mol. The average Bonchev–Trinajstić information content (AvgIpc) is 2.45. The number of rotatable bonds is 8. The fraction of sp³-hybridized carbons (Fsp3) is 0.917. The van der Waals surface area contributed by atoms with Crippen molar-refractivity contribution in [3.8, 4) is 0 Å². The number of sulfonamides is 1. The molecule has 1 fully saturated rings. The molecule has 0 atom stereocenters. The highest BCUT2D eigenvalue weighted by Gasteiger charge is 2.20. The predicted octanol–water partition coefficient (Wildman–Crippen LogP) is -0.894. The van der Waals surface area contributed by atoms with E-state index < -0.39 is 10.0 Å². The van der Waals surface area contributed by atoms with Gasteiger partial charge in [-0.25, -0.2) is 13.1 Å². The van der Waals surface area contributed by atoms with Gasteiger partial charge in [-0.15, -0.1) is 0 Å². The highest BCUT2D eigenvalue weighted by atomic mass is 32.2. The summed E-state index contributed by atoms with van der Waals surface area (Å²) in [6, 6.07) is 0. The molecule has 0 aliphatic carbocycles. The van der Waals surface area contributed by atoms with Crippen molar-refractivity contribution in [2.75, 3.05) is 58.7 Å². The van der Waals surface area contributed by atoms with Gasteiger partial charge in [-0.05, 0) is 6.54 Å². The van der Waals surface area contributed by atoms with E-state index >= 15 is 0 Å². The number of carbonyl (C=O) groups excluding carboxylic acids is 1. The first-order valence-electron chi connectivity index (χ1n) is 6.95. The molecule has 0 aromatic carbocycles. The maximum Gasteiger partial charge on any atom is 0.223 e. The number of carbonyl (C=O) groups is 1. The zero-order valence-electron chi connectivity index (χ0n) is 12.3. The van der Waals surface area contributed by atoms with Crippen molar-refractivity contribution in [1.29, 1.82) is 0 Å². The normalized spacial score (nSPS) is 17.4. The van der Waals surface area contributed by atoms with Gasteiger partial charge in [0.2, 0.25) is 15.9 Å². The van der Waals surface area contributed by atoms with Crippen LogP contribution in [-0.2, 0) is 19.6 Å². The van der Waals surface area contributed by atoms with Crippen molar-refractivity contribution in [3.05, 3.63) is 0 Å². The fourth-order valence-corrected chi connectivity index (χ4v) is 2.99. The maximum atomic E-state index is 11.9. The zero-order chi connectivity index (χ0) is 15.0. The van der Waals surface area contributed by atoms with Gasteiger partial charge in [0.1, 0.15) is 0 Å². The molecule has 0 saturated carbocycles. The van der Waals surface area contributed by atoms with Crippen molar-refractivity contribution in [2.45, 2.75) is 13.3 Å². The Balaban J connectivity index is 2.23. The van der Waals surface area contributed by atoms with Crippen LogP contribution in [0.5, 0.6) is 0 Å². The molecule has 1 saturated heterocycles. The Morgan fingerprint density at radius 3 is 2.45 bits per heavy atom. The molecule has 20 heavy (non-hydrogen) atoms. The molecule has 1 N–H and O–H groups in total.